The summed E-state index contributed by atoms with van der Waals surface area (Å²) < 4.78 is 11.4. The highest BCUT2D eigenvalue weighted by Gasteiger charge is 2.43. The molecule has 2 aliphatic heterocycles. The lowest BCUT2D eigenvalue weighted by Gasteiger charge is -2.29. The number of hydrogen-bond donors (Lipinski definition) is 0. The molecule has 6 heteroatoms. The number of benzene rings is 2. The predicted octanol–water partition coefficient (Wildman–Crippen LogP) is 4.64. The number of nitrogens with zero attached hydrogens (tertiary/aromatic N) is 2. The van der Waals surface area contributed by atoms with E-state index in [2.05, 4.69) is 11.8 Å². The van der Waals surface area contributed by atoms with Gasteiger partial charge in [-0.05, 0) is 62.4 Å². The second-order valence-corrected chi connectivity index (χ2v) is 7.99. The summed E-state index contributed by atoms with van der Waals surface area (Å²) in [4.78, 5) is 30.7. The number of imide groups is 1. The minimum Gasteiger partial charge on any atom is -0.494 e. The van der Waals surface area contributed by atoms with Gasteiger partial charge in [-0.15, -0.1) is 0 Å². The molecule has 0 aromatic heterocycles. The Kier molecular flexibility index (Phi) is 6.78. The first-order chi connectivity index (χ1) is 15.7. The fourth-order valence-electron chi connectivity index (χ4n) is 4.27. The zero-order valence-corrected chi connectivity index (χ0v) is 18.8. The van der Waals surface area contributed by atoms with Crippen LogP contribution in [0.2, 0.25) is 0 Å². The average molecular weight is 435 g/mol. The Hall–Kier alpha value is -3.28. The van der Waals surface area contributed by atoms with Gasteiger partial charge in [-0.1, -0.05) is 31.2 Å². The second kappa shape index (κ2) is 9.90. The monoisotopic (exact) mass is 434 g/mol. The van der Waals surface area contributed by atoms with Gasteiger partial charge in [-0.25, -0.2) is 4.90 Å². The molecule has 0 atom stereocenters. The van der Waals surface area contributed by atoms with E-state index >= 15 is 0 Å². The van der Waals surface area contributed by atoms with Gasteiger partial charge in [0.1, 0.15) is 17.2 Å². The molecule has 2 aromatic rings. The van der Waals surface area contributed by atoms with Crippen LogP contribution in [-0.4, -0.2) is 43.0 Å². The van der Waals surface area contributed by atoms with Crippen LogP contribution in [0.3, 0.4) is 0 Å². The normalized spacial score (nSPS) is 16.7. The van der Waals surface area contributed by atoms with Crippen molar-refractivity contribution in [1.29, 1.82) is 0 Å². The lowest BCUT2D eigenvalue weighted by atomic mass is 10.0. The molecule has 1 fully saturated rings. The number of amides is 2. The Morgan fingerprint density at radius 3 is 2.25 bits per heavy atom. The molecule has 0 saturated carbocycles. The molecule has 2 aromatic carbocycles. The molecule has 0 unspecified atom stereocenters. The average Bonchev–Trinajstić information content (AvgIpc) is 3.09. The Balaban J connectivity index is 1.76. The molecular weight excluding hydrogens is 404 g/mol. The molecule has 0 N–H and O–H groups in total. The number of hydrogen-bond acceptors (Lipinski definition) is 5. The standard InChI is InChI=1S/C26H30N2O4/c1-3-18-32-20-14-12-19(13-15-20)23-24(27-16-8-5-9-17-27)26(30)28(25(23)29)21-10-6-7-11-22(21)31-4-2/h6-7,10-15H,3-5,8-9,16-18H2,1-2H3. The van der Waals surface area contributed by atoms with Crippen LogP contribution < -0.4 is 14.4 Å². The molecule has 0 radical (unpaired) electrons. The van der Waals surface area contributed by atoms with Crippen molar-refractivity contribution in [3.63, 3.8) is 0 Å². The third-order valence-electron chi connectivity index (χ3n) is 5.75. The lowest BCUT2D eigenvalue weighted by molar-refractivity contribution is -0.120. The first-order valence-electron chi connectivity index (χ1n) is 11.5. The van der Waals surface area contributed by atoms with Gasteiger partial charge in [0, 0.05) is 13.1 Å². The van der Waals surface area contributed by atoms with Crippen molar-refractivity contribution in [2.75, 3.05) is 31.2 Å². The summed E-state index contributed by atoms with van der Waals surface area (Å²) in [5, 5.41) is 0. The van der Waals surface area contributed by atoms with Gasteiger partial charge < -0.3 is 14.4 Å². The van der Waals surface area contributed by atoms with Gasteiger partial charge in [0.05, 0.1) is 24.5 Å². The quantitative estimate of drug-likeness (QED) is 0.567. The van der Waals surface area contributed by atoms with Crippen LogP contribution in [0, 0.1) is 0 Å². The van der Waals surface area contributed by atoms with Crippen molar-refractivity contribution in [3.8, 4) is 11.5 Å². The minimum absolute atomic E-state index is 0.287. The van der Waals surface area contributed by atoms with E-state index in [0.717, 1.165) is 50.1 Å². The SMILES string of the molecule is CCCOc1ccc(C2=C(N3CCCCC3)C(=O)N(c3ccccc3OCC)C2=O)cc1. The summed E-state index contributed by atoms with van der Waals surface area (Å²) >= 11 is 0. The summed E-state index contributed by atoms with van der Waals surface area (Å²) in [6.45, 7) is 6.58. The molecule has 0 bridgehead atoms. The molecule has 4 rings (SSSR count). The van der Waals surface area contributed by atoms with Crippen molar-refractivity contribution >= 4 is 23.1 Å². The zero-order valence-electron chi connectivity index (χ0n) is 18.8. The van der Waals surface area contributed by atoms with E-state index in [1.54, 1.807) is 12.1 Å². The van der Waals surface area contributed by atoms with E-state index < -0.39 is 0 Å². The summed E-state index contributed by atoms with van der Waals surface area (Å²) in [5.41, 5.74) is 2.15. The molecule has 6 nitrogen and oxygen atoms in total. The van der Waals surface area contributed by atoms with Crippen molar-refractivity contribution in [3.05, 3.63) is 59.8 Å². The van der Waals surface area contributed by atoms with Crippen molar-refractivity contribution in [2.24, 2.45) is 0 Å². The first kappa shape index (κ1) is 21.9. The maximum absolute atomic E-state index is 13.7. The van der Waals surface area contributed by atoms with Gasteiger partial charge in [0.25, 0.3) is 11.8 Å². The largest absolute Gasteiger partial charge is 0.494 e. The molecule has 2 heterocycles. The topological polar surface area (TPSA) is 59.1 Å². The van der Waals surface area contributed by atoms with E-state index in [4.69, 9.17) is 9.47 Å². The number of para-hydroxylation sites is 2. The molecule has 1 saturated heterocycles. The molecule has 168 valence electrons. The Morgan fingerprint density at radius 2 is 1.56 bits per heavy atom. The number of piperidine rings is 1. The van der Waals surface area contributed by atoms with Crippen LogP contribution in [0.5, 0.6) is 11.5 Å². The highest BCUT2D eigenvalue weighted by atomic mass is 16.5. The van der Waals surface area contributed by atoms with Gasteiger partial charge in [0.2, 0.25) is 0 Å². The fourth-order valence-corrected chi connectivity index (χ4v) is 4.27. The predicted molar refractivity (Wildman–Crippen MR) is 125 cm³/mol. The van der Waals surface area contributed by atoms with Crippen LogP contribution >= 0.6 is 0 Å². The number of anilines is 1. The van der Waals surface area contributed by atoms with E-state index in [-0.39, 0.29) is 11.8 Å². The minimum atomic E-state index is -0.315. The zero-order chi connectivity index (χ0) is 22.5. The van der Waals surface area contributed by atoms with Gasteiger partial charge in [-0.2, -0.15) is 0 Å². The van der Waals surface area contributed by atoms with Gasteiger partial charge >= 0.3 is 0 Å². The fraction of sp³-hybridized carbons (Fsp3) is 0.385. The maximum atomic E-state index is 13.7. The van der Waals surface area contributed by atoms with Crippen molar-refractivity contribution in [2.45, 2.75) is 39.5 Å². The Labute approximate surface area is 189 Å². The first-order valence-corrected chi connectivity index (χ1v) is 11.5. The number of carbonyl (C=O) groups excluding carboxylic acids is 2. The highest BCUT2D eigenvalue weighted by molar-refractivity contribution is 6.45. The van der Waals surface area contributed by atoms with E-state index in [0.29, 0.717) is 35.9 Å². The summed E-state index contributed by atoms with van der Waals surface area (Å²) in [5.74, 6) is 0.681. The number of likely N-dealkylation sites (tertiary alicyclic amines) is 1. The number of carbonyl (C=O) groups is 2. The van der Waals surface area contributed by atoms with E-state index in [9.17, 15) is 9.59 Å². The Bertz CT molecular complexity index is 1010. The third kappa shape index (κ3) is 4.22. The van der Waals surface area contributed by atoms with Crippen molar-refractivity contribution in [1.82, 2.24) is 4.90 Å². The molecule has 0 spiro atoms. The summed E-state index contributed by atoms with van der Waals surface area (Å²) in [6, 6.07) is 14.7. The summed E-state index contributed by atoms with van der Waals surface area (Å²) in [6.07, 6.45) is 4.09. The van der Waals surface area contributed by atoms with Crippen molar-refractivity contribution < 1.29 is 19.1 Å². The van der Waals surface area contributed by atoms with E-state index in [1.807, 2.05) is 43.3 Å². The van der Waals surface area contributed by atoms with Crippen LogP contribution in [-0.2, 0) is 9.59 Å². The maximum Gasteiger partial charge on any atom is 0.282 e. The third-order valence-corrected chi connectivity index (χ3v) is 5.75. The number of rotatable bonds is 8. The molecule has 2 aliphatic rings. The smallest absolute Gasteiger partial charge is 0.282 e. The summed E-state index contributed by atoms with van der Waals surface area (Å²) in [7, 11) is 0. The van der Waals surface area contributed by atoms with Crippen LogP contribution in [0.1, 0.15) is 45.1 Å². The van der Waals surface area contributed by atoms with Crippen LogP contribution in [0.25, 0.3) is 5.57 Å². The molecule has 2 amide bonds. The molecule has 32 heavy (non-hydrogen) atoms. The van der Waals surface area contributed by atoms with Gasteiger partial charge in [0.15, 0.2) is 0 Å². The Morgan fingerprint density at radius 1 is 0.844 bits per heavy atom. The van der Waals surface area contributed by atoms with Crippen LogP contribution in [0.15, 0.2) is 54.2 Å². The van der Waals surface area contributed by atoms with E-state index in [1.165, 1.54) is 4.90 Å². The molecule has 0 aliphatic carbocycles. The second-order valence-electron chi connectivity index (χ2n) is 7.99. The lowest BCUT2D eigenvalue weighted by Crippen LogP contribution is -2.37. The van der Waals surface area contributed by atoms with Crippen LogP contribution in [0.4, 0.5) is 5.69 Å². The van der Waals surface area contributed by atoms with Gasteiger partial charge in [-0.3, -0.25) is 9.59 Å². The highest BCUT2D eigenvalue weighted by Crippen LogP contribution is 2.39. The number of ether oxygens (including phenoxy) is 2. The molecular formula is C26H30N2O4.